The predicted molar refractivity (Wildman–Crippen MR) is 71.2 cm³/mol. The average Bonchev–Trinajstić information content (AvgIpc) is 2.55. The second-order valence-corrected chi connectivity index (χ2v) is 7.28. The molecular weight excluding hydrogens is 268 g/mol. The third-order valence-electron chi connectivity index (χ3n) is 2.73. The lowest BCUT2D eigenvalue weighted by molar-refractivity contribution is 0.0436. The topological polar surface area (TPSA) is 92.4 Å². The van der Waals surface area contributed by atoms with Gasteiger partial charge in [0.1, 0.15) is 10.6 Å². The molecule has 0 radical (unpaired) electrons. The normalized spacial score (nSPS) is 15.7. The Morgan fingerprint density at radius 2 is 2.00 bits per heavy atom. The van der Waals surface area contributed by atoms with E-state index in [0.717, 1.165) is 0 Å². The second-order valence-electron chi connectivity index (χ2n) is 5.57. The first kappa shape index (κ1) is 16.1. The monoisotopic (exact) mass is 290 g/mol. The van der Waals surface area contributed by atoms with E-state index in [1.165, 1.54) is 0 Å². The van der Waals surface area contributed by atoms with Gasteiger partial charge in [-0.15, -0.1) is 0 Å². The summed E-state index contributed by atoms with van der Waals surface area (Å²) in [6.07, 6.45) is 0.511. The van der Waals surface area contributed by atoms with Gasteiger partial charge in [0, 0.05) is 6.54 Å². The maximum absolute atomic E-state index is 12.1. The number of nitrogens with zero attached hydrogens (tertiary/aromatic N) is 1. The predicted octanol–water partition coefficient (Wildman–Crippen LogP) is 1.37. The van der Waals surface area contributed by atoms with Crippen LogP contribution in [0.2, 0.25) is 0 Å². The van der Waals surface area contributed by atoms with Crippen LogP contribution >= 0.6 is 0 Å². The SMILES string of the molecule is Cc1noc(C)c1S(=O)(=O)NCC(C)(O)CC(C)C. The highest BCUT2D eigenvalue weighted by Gasteiger charge is 2.28. The molecule has 0 saturated carbocycles. The van der Waals surface area contributed by atoms with Gasteiger partial charge in [-0.3, -0.25) is 0 Å². The van der Waals surface area contributed by atoms with E-state index >= 15 is 0 Å². The van der Waals surface area contributed by atoms with Crippen molar-refractivity contribution in [2.24, 2.45) is 5.92 Å². The van der Waals surface area contributed by atoms with Crippen LogP contribution in [0.5, 0.6) is 0 Å². The van der Waals surface area contributed by atoms with Crippen molar-refractivity contribution in [2.75, 3.05) is 6.54 Å². The summed E-state index contributed by atoms with van der Waals surface area (Å²) in [5.74, 6) is 0.520. The van der Waals surface area contributed by atoms with E-state index in [-0.39, 0.29) is 23.1 Å². The summed E-state index contributed by atoms with van der Waals surface area (Å²) in [5, 5.41) is 13.7. The van der Waals surface area contributed by atoms with Gasteiger partial charge >= 0.3 is 0 Å². The van der Waals surface area contributed by atoms with E-state index < -0.39 is 15.6 Å². The smallest absolute Gasteiger partial charge is 0.246 e. The third-order valence-corrected chi connectivity index (χ3v) is 4.37. The van der Waals surface area contributed by atoms with E-state index in [2.05, 4.69) is 9.88 Å². The van der Waals surface area contributed by atoms with E-state index in [1.807, 2.05) is 13.8 Å². The van der Waals surface area contributed by atoms with Crippen molar-refractivity contribution in [3.63, 3.8) is 0 Å². The Hall–Kier alpha value is -0.920. The first-order valence-corrected chi connectivity index (χ1v) is 7.68. The van der Waals surface area contributed by atoms with Gasteiger partial charge in [-0.25, -0.2) is 13.1 Å². The molecule has 1 rings (SSSR count). The van der Waals surface area contributed by atoms with E-state index in [4.69, 9.17) is 4.52 Å². The van der Waals surface area contributed by atoms with Gasteiger partial charge in [-0.1, -0.05) is 19.0 Å². The molecule has 0 aliphatic rings. The lowest BCUT2D eigenvalue weighted by Gasteiger charge is -2.25. The molecule has 1 atom stereocenters. The van der Waals surface area contributed by atoms with Crippen LogP contribution in [0.3, 0.4) is 0 Å². The van der Waals surface area contributed by atoms with Crippen LogP contribution in [0.15, 0.2) is 9.42 Å². The molecule has 1 unspecified atom stereocenters. The number of aryl methyl sites for hydroxylation is 2. The standard InChI is InChI=1S/C12H22N2O4S/c1-8(2)6-12(5,15)7-13-19(16,17)11-9(3)14-18-10(11)4/h8,13,15H,6-7H2,1-5H3. The Balaban J connectivity index is 2.83. The Morgan fingerprint density at radius 3 is 2.42 bits per heavy atom. The lowest BCUT2D eigenvalue weighted by atomic mass is 9.95. The van der Waals surface area contributed by atoms with Gasteiger partial charge < -0.3 is 9.63 Å². The fourth-order valence-corrected chi connectivity index (χ4v) is 3.62. The number of aliphatic hydroxyl groups is 1. The van der Waals surface area contributed by atoms with Crippen LogP contribution < -0.4 is 4.72 Å². The molecule has 2 N–H and O–H groups in total. The average molecular weight is 290 g/mol. The Kier molecular flexibility index (Phi) is 4.76. The van der Waals surface area contributed by atoms with E-state index in [9.17, 15) is 13.5 Å². The molecule has 0 saturated heterocycles. The minimum absolute atomic E-state index is 0.0441. The van der Waals surface area contributed by atoms with Gasteiger partial charge in [0.05, 0.1) is 5.60 Å². The van der Waals surface area contributed by atoms with Crippen molar-refractivity contribution < 1.29 is 18.0 Å². The van der Waals surface area contributed by atoms with Crippen molar-refractivity contribution in [3.8, 4) is 0 Å². The molecule has 0 aliphatic carbocycles. The summed E-state index contributed by atoms with van der Waals surface area (Å²) in [5.41, 5.74) is -0.770. The van der Waals surface area contributed by atoms with Crippen LogP contribution in [0.25, 0.3) is 0 Å². The molecule has 0 aliphatic heterocycles. The van der Waals surface area contributed by atoms with Crippen LogP contribution in [-0.4, -0.2) is 30.8 Å². The molecule has 0 fully saturated rings. The van der Waals surface area contributed by atoms with Gasteiger partial charge in [-0.2, -0.15) is 0 Å². The zero-order valence-corrected chi connectivity index (χ0v) is 12.8. The molecular formula is C12H22N2O4S. The highest BCUT2D eigenvalue weighted by atomic mass is 32.2. The Bertz CT molecular complexity index is 512. The number of rotatable bonds is 6. The summed E-state index contributed by atoms with van der Waals surface area (Å²) >= 11 is 0. The fraction of sp³-hybridized carbons (Fsp3) is 0.750. The quantitative estimate of drug-likeness (QED) is 0.825. The van der Waals surface area contributed by atoms with Crippen LogP contribution in [0.4, 0.5) is 0 Å². The van der Waals surface area contributed by atoms with Crippen molar-refractivity contribution >= 4 is 10.0 Å². The van der Waals surface area contributed by atoms with Gasteiger partial charge in [0.25, 0.3) is 0 Å². The maximum Gasteiger partial charge on any atom is 0.246 e. The van der Waals surface area contributed by atoms with Crippen LogP contribution in [-0.2, 0) is 10.0 Å². The van der Waals surface area contributed by atoms with Crippen molar-refractivity contribution in [2.45, 2.75) is 51.5 Å². The molecule has 1 heterocycles. The molecule has 0 spiro atoms. The molecule has 6 nitrogen and oxygen atoms in total. The molecule has 1 aromatic heterocycles. The summed E-state index contributed by atoms with van der Waals surface area (Å²) in [7, 11) is -3.71. The molecule has 19 heavy (non-hydrogen) atoms. The molecule has 0 bridgehead atoms. The minimum Gasteiger partial charge on any atom is -0.389 e. The molecule has 0 aromatic carbocycles. The number of nitrogens with one attached hydrogen (secondary N) is 1. The number of sulfonamides is 1. The Morgan fingerprint density at radius 1 is 1.42 bits per heavy atom. The maximum atomic E-state index is 12.1. The summed E-state index contributed by atoms with van der Waals surface area (Å²) in [6, 6.07) is 0. The fourth-order valence-electron chi connectivity index (χ4n) is 2.13. The summed E-state index contributed by atoms with van der Waals surface area (Å²) in [6.45, 7) is 8.62. The van der Waals surface area contributed by atoms with Gasteiger partial charge in [-0.05, 0) is 33.1 Å². The van der Waals surface area contributed by atoms with Crippen molar-refractivity contribution in [3.05, 3.63) is 11.5 Å². The number of hydrogen-bond donors (Lipinski definition) is 2. The van der Waals surface area contributed by atoms with E-state index in [1.54, 1.807) is 20.8 Å². The van der Waals surface area contributed by atoms with E-state index in [0.29, 0.717) is 12.1 Å². The number of hydrogen-bond acceptors (Lipinski definition) is 5. The largest absolute Gasteiger partial charge is 0.389 e. The highest BCUT2D eigenvalue weighted by Crippen LogP contribution is 2.20. The van der Waals surface area contributed by atoms with Crippen LogP contribution in [0, 0.1) is 19.8 Å². The highest BCUT2D eigenvalue weighted by molar-refractivity contribution is 7.89. The van der Waals surface area contributed by atoms with Gasteiger partial charge in [0.15, 0.2) is 5.76 Å². The van der Waals surface area contributed by atoms with Crippen LogP contribution in [0.1, 0.15) is 38.6 Å². The zero-order valence-electron chi connectivity index (χ0n) is 12.0. The lowest BCUT2D eigenvalue weighted by Crippen LogP contribution is -2.41. The third kappa shape index (κ3) is 4.29. The van der Waals surface area contributed by atoms with Crippen molar-refractivity contribution in [1.29, 1.82) is 0 Å². The second kappa shape index (κ2) is 5.60. The Labute approximate surface area is 114 Å². The summed E-state index contributed by atoms with van der Waals surface area (Å²) < 4.78 is 31.5. The number of aromatic nitrogens is 1. The zero-order chi connectivity index (χ0) is 14.8. The minimum atomic E-state index is -3.71. The molecule has 1 aromatic rings. The molecule has 110 valence electrons. The van der Waals surface area contributed by atoms with Crippen molar-refractivity contribution in [1.82, 2.24) is 9.88 Å². The first-order valence-electron chi connectivity index (χ1n) is 6.20. The van der Waals surface area contributed by atoms with Gasteiger partial charge in [0.2, 0.25) is 10.0 Å². The molecule has 7 heteroatoms. The first-order chi connectivity index (χ1) is 8.55. The molecule has 0 amide bonds. The summed E-state index contributed by atoms with van der Waals surface area (Å²) in [4.78, 5) is 0.0489.